The highest BCUT2D eigenvalue weighted by molar-refractivity contribution is 5.41. The Morgan fingerprint density at radius 3 is 2.20 bits per heavy atom. The van der Waals surface area contributed by atoms with Gasteiger partial charge in [-0.1, -0.05) is 57.2 Å². The number of ether oxygens (including phenoxy) is 2. The molecule has 0 spiro atoms. The molecule has 1 unspecified atom stereocenters. The summed E-state index contributed by atoms with van der Waals surface area (Å²) in [7, 11) is 0. The van der Waals surface area contributed by atoms with E-state index < -0.39 is 0 Å². The highest BCUT2D eigenvalue weighted by atomic mass is 16.6. The van der Waals surface area contributed by atoms with Crippen molar-refractivity contribution in [3.05, 3.63) is 59.7 Å². The molecule has 1 atom stereocenters. The summed E-state index contributed by atoms with van der Waals surface area (Å²) in [5.74, 6) is 1.65. The molecule has 1 aliphatic rings. The lowest BCUT2D eigenvalue weighted by molar-refractivity contribution is 0.0913. The number of fused-ring (bicyclic) bond motifs is 1. The van der Waals surface area contributed by atoms with E-state index in [2.05, 4.69) is 45.0 Å². The monoisotopic (exact) mass is 268 g/mol. The van der Waals surface area contributed by atoms with Gasteiger partial charge in [0.2, 0.25) is 0 Å². The van der Waals surface area contributed by atoms with E-state index in [1.165, 1.54) is 5.56 Å². The topological polar surface area (TPSA) is 18.5 Å². The van der Waals surface area contributed by atoms with E-state index in [9.17, 15) is 0 Å². The van der Waals surface area contributed by atoms with Gasteiger partial charge in [-0.05, 0) is 28.7 Å². The quantitative estimate of drug-likeness (QED) is 0.758. The third-order valence-corrected chi connectivity index (χ3v) is 3.66. The Kier molecular flexibility index (Phi) is 3.17. The van der Waals surface area contributed by atoms with E-state index in [4.69, 9.17) is 9.47 Å². The minimum absolute atomic E-state index is 0.0288. The van der Waals surface area contributed by atoms with Gasteiger partial charge in [0.15, 0.2) is 17.6 Å². The minimum atomic E-state index is -0.0288. The zero-order chi connectivity index (χ0) is 14.2. The fraction of sp³-hybridized carbons (Fsp3) is 0.333. The number of hydrogen-bond acceptors (Lipinski definition) is 2. The highest BCUT2D eigenvalue weighted by Gasteiger charge is 2.22. The zero-order valence-electron chi connectivity index (χ0n) is 12.2. The van der Waals surface area contributed by atoms with Crippen molar-refractivity contribution >= 4 is 0 Å². The van der Waals surface area contributed by atoms with Crippen molar-refractivity contribution in [3.63, 3.8) is 0 Å². The van der Waals surface area contributed by atoms with Crippen molar-refractivity contribution < 1.29 is 9.47 Å². The van der Waals surface area contributed by atoms with Crippen LogP contribution in [0.1, 0.15) is 38.0 Å². The first kappa shape index (κ1) is 13.0. The van der Waals surface area contributed by atoms with Crippen LogP contribution in [0.2, 0.25) is 0 Å². The Balaban J connectivity index is 1.81. The molecule has 0 radical (unpaired) electrons. The Morgan fingerprint density at radius 1 is 0.900 bits per heavy atom. The number of rotatable bonds is 1. The average molecular weight is 268 g/mol. The van der Waals surface area contributed by atoms with Gasteiger partial charge in [-0.2, -0.15) is 0 Å². The van der Waals surface area contributed by atoms with Crippen molar-refractivity contribution in [3.8, 4) is 11.5 Å². The first-order valence-corrected chi connectivity index (χ1v) is 7.03. The average Bonchev–Trinajstić information content (AvgIpc) is 2.46. The van der Waals surface area contributed by atoms with E-state index in [0.29, 0.717) is 6.61 Å². The molecule has 0 aliphatic carbocycles. The van der Waals surface area contributed by atoms with E-state index in [1.54, 1.807) is 0 Å². The van der Waals surface area contributed by atoms with Crippen LogP contribution in [0.4, 0.5) is 0 Å². The molecule has 2 aromatic rings. The van der Waals surface area contributed by atoms with Crippen molar-refractivity contribution in [2.45, 2.75) is 32.3 Å². The molecule has 1 heterocycles. The van der Waals surface area contributed by atoms with Crippen LogP contribution < -0.4 is 9.47 Å². The first-order valence-electron chi connectivity index (χ1n) is 7.03. The van der Waals surface area contributed by atoms with Gasteiger partial charge in [0.1, 0.15) is 6.61 Å². The highest BCUT2D eigenvalue weighted by Crippen LogP contribution is 2.36. The van der Waals surface area contributed by atoms with Crippen LogP contribution in [0.15, 0.2) is 48.5 Å². The fourth-order valence-electron chi connectivity index (χ4n) is 2.38. The first-order chi connectivity index (χ1) is 9.54. The number of benzene rings is 2. The van der Waals surface area contributed by atoms with Crippen molar-refractivity contribution in [2.24, 2.45) is 0 Å². The predicted molar refractivity (Wildman–Crippen MR) is 80.4 cm³/mol. The van der Waals surface area contributed by atoms with E-state index >= 15 is 0 Å². The van der Waals surface area contributed by atoms with Crippen molar-refractivity contribution in [2.75, 3.05) is 6.61 Å². The number of hydrogen-bond donors (Lipinski definition) is 0. The second-order valence-corrected chi connectivity index (χ2v) is 6.24. The van der Waals surface area contributed by atoms with Crippen LogP contribution in [0.5, 0.6) is 11.5 Å². The maximum atomic E-state index is 6.02. The van der Waals surface area contributed by atoms with Gasteiger partial charge in [0.05, 0.1) is 0 Å². The van der Waals surface area contributed by atoms with Gasteiger partial charge in [0, 0.05) is 0 Å². The van der Waals surface area contributed by atoms with Gasteiger partial charge in [-0.15, -0.1) is 0 Å². The van der Waals surface area contributed by atoms with Crippen LogP contribution in [-0.4, -0.2) is 6.61 Å². The molecule has 0 saturated carbocycles. The van der Waals surface area contributed by atoms with Crippen LogP contribution in [0.25, 0.3) is 0 Å². The third-order valence-electron chi connectivity index (χ3n) is 3.66. The fourth-order valence-corrected chi connectivity index (χ4v) is 2.38. The molecule has 1 aliphatic heterocycles. The molecular formula is C18H20O2. The largest absolute Gasteiger partial charge is 0.485 e. The molecule has 0 saturated heterocycles. The third kappa shape index (κ3) is 2.51. The molecule has 2 aromatic carbocycles. The lowest BCUT2D eigenvalue weighted by Gasteiger charge is -2.27. The molecule has 3 rings (SSSR count). The van der Waals surface area contributed by atoms with Gasteiger partial charge < -0.3 is 9.47 Å². The molecule has 0 N–H and O–H groups in total. The second kappa shape index (κ2) is 4.86. The lowest BCUT2D eigenvalue weighted by Crippen LogP contribution is -2.21. The second-order valence-electron chi connectivity index (χ2n) is 6.24. The summed E-state index contributed by atoms with van der Waals surface area (Å²) in [5.41, 5.74) is 2.67. The zero-order valence-corrected chi connectivity index (χ0v) is 12.2. The molecule has 0 amide bonds. The lowest BCUT2D eigenvalue weighted by atomic mass is 9.86. The minimum Gasteiger partial charge on any atom is -0.485 e. The molecule has 2 nitrogen and oxygen atoms in total. The Bertz CT molecular complexity index is 594. The summed E-state index contributed by atoms with van der Waals surface area (Å²) < 4.78 is 11.8. The summed E-state index contributed by atoms with van der Waals surface area (Å²) in [6.07, 6.45) is -0.0288. The van der Waals surface area contributed by atoms with E-state index in [-0.39, 0.29) is 11.5 Å². The molecular weight excluding hydrogens is 248 g/mol. The Labute approximate surface area is 120 Å². The standard InChI is InChI=1S/C18H20O2/c1-18(2,3)14-10-8-13(9-11-14)17-12-19-15-6-4-5-7-16(15)20-17/h4-11,17H,12H2,1-3H3. The number of para-hydroxylation sites is 2. The maximum absolute atomic E-state index is 6.02. The Morgan fingerprint density at radius 2 is 1.55 bits per heavy atom. The molecule has 0 bridgehead atoms. The Hall–Kier alpha value is -1.96. The van der Waals surface area contributed by atoms with Gasteiger partial charge in [0.25, 0.3) is 0 Å². The van der Waals surface area contributed by atoms with Crippen molar-refractivity contribution in [1.29, 1.82) is 0 Å². The summed E-state index contributed by atoms with van der Waals surface area (Å²) >= 11 is 0. The normalized spacial score (nSPS) is 17.9. The smallest absolute Gasteiger partial charge is 0.162 e. The summed E-state index contributed by atoms with van der Waals surface area (Å²) in [5, 5.41) is 0. The maximum Gasteiger partial charge on any atom is 0.162 e. The van der Waals surface area contributed by atoms with Crippen LogP contribution in [0, 0.1) is 0 Å². The molecule has 2 heteroatoms. The summed E-state index contributed by atoms with van der Waals surface area (Å²) in [6.45, 7) is 7.22. The van der Waals surface area contributed by atoms with Crippen LogP contribution in [-0.2, 0) is 5.41 Å². The predicted octanol–water partition coefficient (Wildman–Crippen LogP) is 4.50. The van der Waals surface area contributed by atoms with Crippen LogP contribution in [0.3, 0.4) is 0 Å². The van der Waals surface area contributed by atoms with Gasteiger partial charge in [-0.3, -0.25) is 0 Å². The molecule has 0 fully saturated rings. The van der Waals surface area contributed by atoms with Crippen LogP contribution >= 0.6 is 0 Å². The van der Waals surface area contributed by atoms with E-state index in [1.807, 2.05) is 24.3 Å². The molecule has 0 aromatic heterocycles. The summed E-state index contributed by atoms with van der Waals surface area (Å²) in [6, 6.07) is 16.5. The van der Waals surface area contributed by atoms with E-state index in [0.717, 1.165) is 17.1 Å². The van der Waals surface area contributed by atoms with Gasteiger partial charge >= 0.3 is 0 Å². The van der Waals surface area contributed by atoms with Crippen molar-refractivity contribution in [1.82, 2.24) is 0 Å². The molecule has 104 valence electrons. The van der Waals surface area contributed by atoms with Gasteiger partial charge in [-0.25, -0.2) is 0 Å². The summed E-state index contributed by atoms with van der Waals surface area (Å²) in [4.78, 5) is 0. The molecule has 20 heavy (non-hydrogen) atoms. The SMILES string of the molecule is CC(C)(C)c1ccc(C2COc3ccccc3O2)cc1.